The molecule has 1 unspecified atom stereocenters. The highest BCUT2D eigenvalue weighted by atomic mass is 16.5. The summed E-state index contributed by atoms with van der Waals surface area (Å²) in [5, 5.41) is 3.38. The fourth-order valence-corrected chi connectivity index (χ4v) is 4.91. The van der Waals surface area contributed by atoms with E-state index in [2.05, 4.69) is 30.9 Å². The van der Waals surface area contributed by atoms with Crippen LogP contribution in [0.4, 0.5) is 17.3 Å². The Morgan fingerprint density at radius 1 is 1.23 bits per heavy atom. The van der Waals surface area contributed by atoms with Crippen LogP contribution in [0.5, 0.6) is 5.75 Å². The number of aromatic nitrogens is 3. The number of hydrogen-bond acceptors (Lipinski definition) is 8. The van der Waals surface area contributed by atoms with Gasteiger partial charge in [0.1, 0.15) is 29.2 Å². The number of nitrogens with zero attached hydrogens (tertiary/aromatic N) is 7. The minimum Gasteiger partial charge on any atom is -0.457 e. The molecule has 6 rings (SSSR count). The maximum atomic E-state index is 13.0. The smallest absolute Gasteiger partial charge is 0.282 e. The van der Waals surface area contributed by atoms with E-state index >= 15 is 0 Å². The molecule has 0 spiro atoms. The minimum absolute atomic E-state index is 0.00475. The van der Waals surface area contributed by atoms with Gasteiger partial charge < -0.3 is 15.0 Å². The molecular weight excluding hydrogens is 504 g/mol. The highest BCUT2D eigenvalue weighted by Crippen LogP contribution is 2.30. The lowest BCUT2D eigenvalue weighted by atomic mass is 10.1. The van der Waals surface area contributed by atoms with Crippen molar-refractivity contribution in [2.45, 2.75) is 19.4 Å². The Hall–Kier alpha value is -4.70. The van der Waals surface area contributed by atoms with Crippen molar-refractivity contribution in [3.05, 3.63) is 77.9 Å². The summed E-state index contributed by atoms with van der Waals surface area (Å²) in [5.41, 5.74) is 4.88. The number of aryl methyl sites for hydroxylation is 1. The number of carbonyl (C=O) groups excluding carboxylic acids is 1. The summed E-state index contributed by atoms with van der Waals surface area (Å²) in [6.07, 6.45) is 12.1. The third-order valence-electron chi connectivity index (χ3n) is 7.10. The molecular formula is C30H31N8O2+. The second kappa shape index (κ2) is 10.5. The molecule has 1 N–H and O–H groups in total. The van der Waals surface area contributed by atoms with Gasteiger partial charge in [-0.1, -0.05) is 6.08 Å². The molecule has 1 saturated heterocycles. The molecule has 0 radical (unpaired) electrons. The lowest BCUT2D eigenvalue weighted by molar-refractivity contribution is -0.499. The topological polar surface area (TPSA) is 98.9 Å². The van der Waals surface area contributed by atoms with Gasteiger partial charge in [0.15, 0.2) is 11.9 Å². The predicted octanol–water partition coefficient (Wildman–Crippen LogP) is 3.63. The van der Waals surface area contributed by atoms with E-state index in [0.717, 1.165) is 40.6 Å². The van der Waals surface area contributed by atoms with Gasteiger partial charge in [0.2, 0.25) is 5.71 Å². The van der Waals surface area contributed by atoms with Gasteiger partial charge >= 0.3 is 0 Å². The monoisotopic (exact) mass is 535 g/mol. The van der Waals surface area contributed by atoms with Crippen LogP contribution in [0, 0.1) is 6.92 Å². The normalized spacial score (nSPS) is 19.3. The summed E-state index contributed by atoms with van der Waals surface area (Å²) in [5.74, 6) is 2.66. The van der Waals surface area contributed by atoms with Gasteiger partial charge in [-0.3, -0.25) is 14.3 Å². The number of likely N-dealkylation sites (N-methyl/N-ethyl adjacent to an activating group) is 2. The molecule has 10 heteroatoms. The third-order valence-corrected chi connectivity index (χ3v) is 7.10. The molecule has 10 nitrogen and oxygen atoms in total. The largest absolute Gasteiger partial charge is 0.457 e. The number of hydrogen-bond donors (Lipinski definition) is 1. The van der Waals surface area contributed by atoms with E-state index in [1.807, 2.05) is 87.9 Å². The lowest BCUT2D eigenvalue weighted by Gasteiger charge is -2.16. The maximum Gasteiger partial charge on any atom is 0.282 e. The van der Waals surface area contributed by atoms with Gasteiger partial charge in [0.25, 0.3) is 12.2 Å². The van der Waals surface area contributed by atoms with E-state index in [1.54, 1.807) is 4.90 Å². The molecule has 4 heterocycles. The standard InChI is InChI=1S/C30H31N8O2/c1-19-15-21(5-9-26(19)40-22-6-8-25-24(16-22)33-18-37(25)4)34-29-28-23(31-17-32-29)7-10-27(35-28)38-14-12-20(30(38)39)11-13-36(2)3/h5-11,15-18,25H,12-14H2,1-4H3,(H,31,32,34)/q+1/b20-11+. The quantitative estimate of drug-likeness (QED) is 0.364. The first-order chi connectivity index (χ1) is 19.4. The summed E-state index contributed by atoms with van der Waals surface area (Å²) in [7, 11) is 5.98. The Morgan fingerprint density at radius 2 is 2.10 bits per heavy atom. The van der Waals surface area contributed by atoms with E-state index in [-0.39, 0.29) is 11.9 Å². The molecule has 0 bridgehead atoms. The van der Waals surface area contributed by atoms with Gasteiger partial charge in [-0.2, -0.15) is 0 Å². The van der Waals surface area contributed by atoms with Crippen LogP contribution in [0.15, 0.2) is 77.3 Å². The van der Waals surface area contributed by atoms with E-state index in [0.29, 0.717) is 35.6 Å². The number of pyridine rings is 1. The number of anilines is 3. The first kappa shape index (κ1) is 25.6. The summed E-state index contributed by atoms with van der Waals surface area (Å²) in [4.78, 5) is 34.9. The Kier molecular flexibility index (Phi) is 6.69. The third kappa shape index (κ3) is 5.01. The first-order valence-electron chi connectivity index (χ1n) is 13.2. The second-order valence-corrected chi connectivity index (χ2v) is 10.4. The predicted molar refractivity (Wildman–Crippen MR) is 157 cm³/mol. The van der Waals surface area contributed by atoms with E-state index < -0.39 is 0 Å². The fraction of sp³-hybridized carbons (Fsp3) is 0.267. The molecule has 2 aromatic heterocycles. The summed E-state index contributed by atoms with van der Waals surface area (Å²) in [6, 6.07) is 9.76. The Balaban J connectivity index is 1.21. The van der Waals surface area contributed by atoms with Crippen LogP contribution < -0.4 is 15.0 Å². The number of nitrogens with one attached hydrogen (secondary N) is 1. The average Bonchev–Trinajstić information content (AvgIpc) is 3.50. The van der Waals surface area contributed by atoms with Crippen LogP contribution in [0.1, 0.15) is 12.0 Å². The average molecular weight is 536 g/mol. The molecule has 3 aliphatic rings. The van der Waals surface area contributed by atoms with Crippen molar-refractivity contribution in [1.82, 2.24) is 19.9 Å². The Morgan fingerprint density at radius 3 is 2.92 bits per heavy atom. The SMILES string of the molecule is Cc1cc(Nc2ncnc3ccc(N4CC/C(=C\CN(C)C)C4=O)nc23)ccc1OC1=CC2=NC=[N+](C)C2C=C1. The molecule has 1 aliphatic carbocycles. The number of fused-ring (bicyclic) bond motifs is 2. The number of benzene rings is 1. The van der Waals surface area contributed by atoms with Gasteiger partial charge in [-0.15, -0.1) is 0 Å². The van der Waals surface area contributed by atoms with Crippen molar-refractivity contribution in [3.8, 4) is 5.75 Å². The van der Waals surface area contributed by atoms with Crippen LogP contribution in [0.25, 0.3) is 11.0 Å². The second-order valence-electron chi connectivity index (χ2n) is 10.4. The number of allylic oxidation sites excluding steroid dienone is 1. The van der Waals surface area contributed by atoms with Crippen molar-refractivity contribution in [1.29, 1.82) is 0 Å². The zero-order chi connectivity index (χ0) is 27.8. The van der Waals surface area contributed by atoms with Gasteiger partial charge in [0, 0.05) is 30.4 Å². The number of aliphatic imine (C=N–C) groups is 1. The zero-order valence-corrected chi connectivity index (χ0v) is 23.0. The van der Waals surface area contributed by atoms with Crippen LogP contribution >= 0.6 is 0 Å². The van der Waals surface area contributed by atoms with Crippen molar-refractivity contribution in [3.63, 3.8) is 0 Å². The van der Waals surface area contributed by atoms with Gasteiger partial charge in [0.05, 0.1) is 12.6 Å². The Bertz CT molecular complexity index is 1670. The molecule has 202 valence electrons. The summed E-state index contributed by atoms with van der Waals surface area (Å²) in [6.45, 7) is 3.33. The Labute approximate surface area is 232 Å². The summed E-state index contributed by atoms with van der Waals surface area (Å²) >= 11 is 0. The van der Waals surface area contributed by atoms with Gasteiger partial charge in [-0.25, -0.2) is 15.0 Å². The maximum absolute atomic E-state index is 13.0. The molecule has 3 aromatic rings. The molecule has 1 atom stereocenters. The molecule has 1 aromatic carbocycles. The molecule has 0 saturated carbocycles. The number of rotatable bonds is 7. The zero-order valence-electron chi connectivity index (χ0n) is 23.0. The van der Waals surface area contributed by atoms with Crippen molar-refractivity contribution in [2.24, 2.45) is 4.99 Å². The van der Waals surface area contributed by atoms with E-state index in [4.69, 9.17) is 9.72 Å². The van der Waals surface area contributed by atoms with E-state index in [9.17, 15) is 4.79 Å². The van der Waals surface area contributed by atoms with Crippen LogP contribution in [-0.2, 0) is 4.79 Å². The summed E-state index contributed by atoms with van der Waals surface area (Å²) < 4.78 is 8.24. The van der Waals surface area contributed by atoms with Crippen molar-refractivity contribution >= 4 is 46.3 Å². The molecule has 40 heavy (non-hydrogen) atoms. The number of amides is 1. The van der Waals surface area contributed by atoms with Crippen LogP contribution in [-0.4, -0.2) is 82.7 Å². The van der Waals surface area contributed by atoms with Gasteiger partial charge in [-0.05, 0) is 80.5 Å². The van der Waals surface area contributed by atoms with E-state index in [1.165, 1.54) is 6.33 Å². The molecule has 1 fully saturated rings. The lowest BCUT2D eigenvalue weighted by Crippen LogP contribution is -2.26. The number of ether oxygens (including phenoxy) is 1. The van der Waals surface area contributed by atoms with Crippen molar-refractivity contribution in [2.75, 3.05) is 44.4 Å². The van der Waals surface area contributed by atoms with Crippen LogP contribution in [0.3, 0.4) is 0 Å². The minimum atomic E-state index is -0.00475. The van der Waals surface area contributed by atoms with Crippen molar-refractivity contribution < 1.29 is 14.1 Å². The highest BCUT2D eigenvalue weighted by molar-refractivity contribution is 6.08. The first-order valence-corrected chi connectivity index (χ1v) is 13.2. The molecule has 2 aliphatic heterocycles. The van der Waals surface area contributed by atoms with Crippen LogP contribution in [0.2, 0.25) is 0 Å². The number of carbonyl (C=O) groups is 1. The fourth-order valence-electron chi connectivity index (χ4n) is 4.91. The highest BCUT2D eigenvalue weighted by Gasteiger charge is 2.30. The molecule has 1 amide bonds.